The minimum atomic E-state index is -0.989. The Hall–Kier alpha value is -1.91. The van der Waals surface area contributed by atoms with E-state index in [0.29, 0.717) is 18.4 Å². The van der Waals surface area contributed by atoms with Crippen LogP contribution in [0.2, 0.25) is 0 Å². The van der Waals surface area contributed by atoms with Crippen molar-refractivity contribution in [2.45, 2.75) is 38.6 Å². The number of carbonyl (C=O) groups excluding carboxylic acids is 1. The van der Waals surface area contributed by atoms with Crippen molar-refractivity contribution in [1.29, 1.82) is 0 Å². The highest BCUT2D eigenvalue weighted by atomic mass is 19.1. The standard InChI is InChI=1S/C16H20FNO3/c1-11(6-7-12-4-2-3-5-14(12)17)16(21)18(10-15(19)20)13-8-9-13/h2-5,11,13H,6-10H2,1H3,(H,19,20). The van der Waals surface area contributed by atoms with Crippen LogP contribution >= 0.6 is 0 Å². The fraction of sp³-hybridized carbons (Fsp3) is 0.500. The van der Waals surface area contributed by atoms with Gasteiger partial charge in [-0.05, 0) is 37.3 Å². The third-order valence-electron chi connectivity index (χ3n) is 3.80. The number of carboxylic acids is 1. The van der Waals surface area contributed by atoms with Crippen molar-refractivity contribution in [3.8, 4) is 0 Å². The van der Waals surface area contributed by atoms with E-state index >= 15 is 0 Å². The molecule has 1 aliphatic carbocycles. The maximum atomic E-state index is 13.5. The molecule has 0 aliphatic heterocycles. The van der Waals surface area contributed by atoms with Gasteiger partial charge in [0, 0.05) is 12.0 Å². The molecule has 1 aliphatic rings. The van der Waals surface area contributed by atoms with E-state index in [-0.39, 0.29) is 30.2 Å². The summed E-state index contributed by atoms with van der Waals surface area (Å²) in [6.07, 6.45) is 2.74. The Labute approximate surface area is 123 Å². The number of nitrogens with zero attached hydrogens (tertiary/aromatic N) is 1. The van der Waals surface area contributed by atoms with Gasteiger partial charge in [0.2, 0.25) is 5.91 Å². The van der Waals surface area contributed by atoms with E-state index < -0.39 is 5.97 Å². The van der Waals surface area contributed by atoms with Crippen molar-refractivity contribution in [1.82, 2.24) is 4.90 Å². The Morgan fingerprint density at radius 1 is 1.38 bits per heavy atom. The molecule has 1 saturated carbocycles. The zero-order chi connectivity index (χ0) is 15.4. The fourth-order valence-electron chi connectivity index (χ4n) is 2.40. The number of aryl methyl sites for hydroxylation is 1. The molecule has 21 heavy (non-hydrogen) atoms. The smallest absolute Gasteiger partial charge is 0.323 e. The van der Waals surface area contributed by atoms with Crippen LogP contribution in [0.1, 0.15) is 31.7 Å². The minimum absolute atomic E-state index is 0.0736. The van der Waals surface area contributed by atoms with Crippen LogP contribution in [0.3, 0.4) is 0 Å². The molecular weight excluding hydrogens is 273 g/mol. The normalized spacial score (nSPS) is 15.5. The maximum Gasteiger partial charge on any atom is 0.323 e. The zero-order valence-electron chi connectivity index (χ0n) is 12.1. The molecule has 0 bridgehead atoms. The number of halogens is 1. The largest absolute Gasteiger partial charge is 0.480 e. The molecule has 114 valence electrons. The number of hydrogen-bond acceptors (Lipinski definition) is 2. The van der Waals surface area contributed by atoms with E-state index in [1.54, 1.807) is 25.1 Å². The summed E-state index contributed by atoms with van der Waals surface area (Å²) in [6.45, 7) is 1.54. The number of amides is 1. The predicted octanol–water partition coefficient (Wildman–Crippen LogP) is 2.47. The van der Waals surface area contributed by atoms with Gasteiger partial charge in [0.05, 0.1) is 0 Å². The quantitative estimate of drug-likeness (QED) is 0.840. The van der Waals surface area contributed by atoms with Crippen molar-refractivity contribution in [2.24, 2.45) is 5.92 Å². The van der Waals surface area contributed by atoms with Crippen LogP contribution < -0.4 is 0 Å². The van der Waals surface area contributed by atoms with Crippen molar-refractivity contribution in [3.63, 3.8) is 0 Å². The van der Waals surface area contributed by atoms with Crippen LogP contribution in [0.4, 0.5) is 4.39 Å². The molecule has 1 aromatic rings. The molecule has 0 saturated heterocycles. The van der Waals surface area contributed by atoms with Gasteiger partial charge in [0.1, 0.15) is 12.4 Å². The first-order valence-electron chi connectivity index (χ1n) is 7.24. The first kappa shape index (κ1) is 15.5. The second kappa shape index (κ2) is 6.70. The minimum Gasteiger partial charge on any atom is -0.480 e. The second-order valence-electron chi connectivity index (χ2n) is 5.62. The molecule has 0 heterocycles. The highest BCUT2D eigenvalue weighted by Gasteiger charge is 2.35. The monoisotopic (exact) mass is 293 g/mol. The summed E-state index contributed by atoms with van der Waals surface area (Å²) in [5.74, 6) is -1.70. The summed E-state index contributed by atoms with van der Waals surface area (Å²) in [6, 6.07) is 6.59. The lowest BCUT2D eigenvalue weighted by molar-refractivity contribution is -0.146. The third-order valence-corrected chi connectivity index (χ3v) is 3.80. The average Bonchev–Trinajstić information content (AvgIpc) is 3.27. The van der Waals surface area contributed by atoms with Crippen molar-refractivity contribution in [2.75, 3.05) is 6.54 Å². The van der Waals surface area contributed by atoms with Crippen molar-refractivity contribution >= 4 is 11.9 Å². The lowest BCUT2D eigenvalue weighted by atomic mass is 9.99. The number of benzene rings is 1. The Morgan fingerprint density at radius 2 is 2.05 bits per heavy atom. The Morgan fingerprint density at radius 3 is 2.62 bits per heavy atom. The van der Waals surface area contributed by atoms with Crippen molar-refractivity contribution in [3.05, 3.63) is 35.6 Å². The van der Waals surface area contributed by atoms with Gasteiger partial charge in [-0.2, -0.15) is 0 Å². The first-order chi connectivity index (χ1) is 9.99. The summed E-state index contributed by atoms with van der Waals surface area (Å²) >= 11 is 0. The Bertz CT molecular complexity index is 528. The van der Waals surface area contributed by atoms with Gasteiger partial charge in [0.25, 0.3) is 0 Å². The lowest BCUT2D eigenvalue weighted by Gasteiger charge is -2.24. The third kappa shape index (κ3) is 4.28. The number of carboxylic acid groups (broad SMARTS) is 1. The molecule has 5 heteroatoms. The molecule has 1 fully saturated rings. The van der Waals surface area contributed by atoms with E-state index in [1.165, 1.54) is 11.0 Å². The Balaban J connectivity index is 1.92. The molecule has 1 aromatic carbocycles. The summed E-state index contributed by atoms with van der Waals surface area (Å²) in [4.78, 5) is 24.6. The molecule has 0 radical (unpaired) electrons. The van der Waals surface area contributed by atoms with Gasteiger partial charge in [-0.25, -0.2) is 4.39 Å². The summed E-state index contributed by atoms with van der Waals surface area (Å²) in [5.41, 5.74) is 0.591. The van der Waals surface area contributed by atoms with Crippen LogP contribution in [0.25, 0.3) is 0 Å². The molecule has 1 unspecified atom stereocenters. The lowest BCUT2D eigenvalue weighted by Crippen LogP contribution is -2.40. The average molecular weight is 293 g/mol. The molecule has 4 nitrogen and oxygen atoms in total. The number of aliphatic carboxylic acids is 1. The topological polar surface area (TPSA) is 57.6 Å². The van der Waals surface area contributed by atoms with E-state index in [4.69, 9.17) is 5.11 Å². The SMILES string of the molecule is CC(CCc1ccccc1F)C(=O)N(CC(=O)O)C1CC1. The molecule has 2 rings (SSSR count). The van der Waals surface area contributed by atoms with Crippen LogP contribution in [-0.4, -0.2) is 34.5 Å². The van der Waals surface area contributed by atoms with Crippen molar-refractivity contribution < 1.29 is 19.1 Å². The van der Waals surface area contributed by atoms with Gasteiger partial charge >= 0.3 is 5.97 Å². The van der Waals surface area contributed by atoms with Gasteiger partial charge in [-0.15, -0.1) is 0 Å². The summed E-state index contributed by atoms with van der Waals surface area (Å²) in [7, 11) is 0. The molecule has 0 spiro atoms. The van der Waals surface area contributed by atoms with Crippen LogP contribution in [0.15, 0.2) is 24.3 Å². The number of hydrogen-bond donors (Lipinski definition) is 1. The predicted molar refractivity (Wildman–Crippen MR) is 76.3 cm³/mol. The number of carbonyl (C=O) groups is 2. The fourth-order valence-corrected chi connectivity index (χ4v) is 2.40. The molecule has 1 N–H and O–H groups in total. The van der Waals surface area contributed by atoms with Gasteiger partial charge < -0.3 is 10.0 Å². The van der Waals surface area contributed by atoms with E-state index in [0.717, 1.165) is 12.8 Å². The molecular formula is C16H20FNO3. The Kier molecular flexibility index (Phi) is 4.94. The van der Waals surface area contributed by atoms with E-state index in [1.807, 2.05) is 0 Å². The summed E-state index contributed by atoms with van der Waals surface area (Å²) < 4.78 is 13.5. The van der Waals surface area contributed by atoms with E-state index in [9.17, 15) is 14.0 Å². The molecule has 0 aromatic heterocycles. The zero-order valence-corrected chi connectivity index (χ0v) is 12.1. The maximum absolute atomic E-state index is 13.5. The van der Waals surface area contributed by atoms with Gasteiger partial charge in [0.15, 0.2) is 0 Å². The molecule has 1 atom stereocenters. The molecule has 1 amide bonds. The highest BCUT2D eigenvalue weighted by molar-refractivity contribution is 5.83. The van der Waals surface area contributed by atoms with Crippen LogP contribution in [0.5, 0.6) is 0 Å². The highest BCUT2D eigenvalue weighted by Crippen LogP contribution is 2.28. The second-order valence-corrected chi connectivity index (χ2v) is 5.62. The summed E-state index contributed by atoms with van der Waals surface area (Å²) in [5, 5.41) is 8.89. The van der Waals surface area contributed by atoms with Crippen LogP contribution in [0, 0.1) is 11.7 Å². The van der Waals surface area contributed by atoms with Crippen LogP contribution in [-0.2, 0) is 16.0 Å². The van der Waals surface area contributed by atoms with E-state index in [2.05, 4.69) is 0 Å². The first-order valence-corrected chi connectivity index (χ1v) is 7.24. The number of rotatable bonds is 7. The van der Waals surface area contributed by atoms with Gasteiger partial charge in [-0.3, -0.25) is 9.59 Å². The van der Waals surface area contributed by atoms with Gasteiger partial charge in [-0.1, -0.05) is 25.1 Å².